The number of rotatable bonds is 5. The number of likely N-dealkylation sites (tertiary alicyclic amines) is 2. The molecular weight excluding hydrogens is 388 g/mol. The summed E-state index contributed by atoms with van der Waals surface area (Å²) in [6.07, 6.45) is 10.5. The van der Waals surface area contributed by atoms with Crippen molar-refractivity contribution in [1.29, 1.82) is 0 Å². The Hall–Kier alpha value is -2.08. The van der Waals surface area contributed by atoms with Crippen molar-refractivity contribution in [2.24, 2.45) is 5.92 Å². The summed E-state index contributed by atoms with van der Waals surface area (Å²) in [5.41, 5.74) is 2.09. The molecule has 3 amide bonds. The minimum atomic E-state index is -0.135. The van der Waals surface area contributed by atoms with Crippen LogP contribution in [0.5, 0.6) is 0 Å². The van der Waals surface area contributed by atoms with Gasteiger partial charge < -0.3 is 15.1 Å². The van der Waals surface area contributed by atoms with E-state index in [2.05, 4.69) is 29.4 Å². The van der Waals surface area contributed by atoms with Gasteiger partial charge in [-0.25, -0.2) is 4.79 Å². The normalized spacial score (nSPS) is 22.7. The number of benzene rings is 1. The molecule has 6 heteroatoms. The molecule has 1 saturated carbocycles. The summed E-state index contributed by atoms with van der Waals surface area (Å²) in [6.45, 7) is 3.86. The van der Waals surface area contributed by atoms with Crippen LogP contribution >= 0.6 is 0 Å². The first-order valence-electron chi connectivity index (χ1n) is 12.2. The summed E-state index contributed by atoms with van der Waals surface area (Å²) < 4.78 is 0. The maximum absolute atomic E-state index is 13.1. The van der Waals surface area contributed by atoms with E-state index in [1.54, 1.807) is 0 Å². The molecule has 4 rings (SSSR count). The lowest BCUT2D eigenvalue weighted by Crippen LogP contribution is -2.48. The van der Waals surface area contributed by atoms with Gasteiger partial charge in [-0.15, -0.1) is 0 Å². The molecule has 2 saturated heterocycles. The van der Waals surface area contributed by atoms with Gasteiger partial charge in [-0.05, 0) is 57.2 Å². The van der Waals surface area contributed by atoms with Gasteiger partial charge in [0.2, 0.25) is 5.91 Å². The highest BCUT2D eigenvalue weighted by Gasteiger charge is 2.31. The third kappa shape index (κ3) is 5.59. The zero-order valence-corrected chi connectivity index (χ0v) is 19.0. The molecule has 6 nitrogen and oxygen atoms in total. The highest BCUT2D eigenvalue weighted by Crippen LogP contribution is 2.26. The zero-order chi connectivity index (χ0) is 21.6. The molecule has 0 bridgehead atoms. The number of carbonyl (C=O) groups excluding carboxylic acids is 2. The predicted octanol–water partition coefficient (Wildman–Crippen LogP) is 4.32. The van der Waals surface area contributed by atoms with Gasteiger partial charge in [0.1, 0.15) is 0 Å². The lowest BCUT2D eigenvalue weighted by Gasteiger charge is -2.35. The van der Waals surface area contributed by atoms with E-state index in [4.69, 9.17) is 0 Å². The Balaban J connectivity index is 1.36. The fourth-order valence-corrected chi connectivity index (χ4v) is 5.41. The van der Waals surface area contributed by atoms with E-state index in [1.165, 1.54) is 37.7 Å². The molecule has 1 aromatic rings. The quantitative estimate of drug-likeness (QED) is 0.763. The number of anilines is 1. The molecule has 1 aliphatic carbocycles. The van der Waals surface area contributed by atoms with Crippen LogP contribution in [0.1, 0.15) is 63.4 Å². The van der Waals surface area contributed by atoms with E-state index in [1.807, 2.05) is 21.9 Å². The molecular formula is C25H38N4O2. The Morgan fingerprint density at radius 1 is 0.935 bits per heavy atom. The smallest absolute Gasteiger partial charge is 0.320 e. The van der Waals surface area contributed by atoms with Crippen LogP contribution in [0, 0.1) is 5.92 Å². The van der Waals surface area contributed by atoms with Crippen molar-refractivity contribution < 1.29 is 9.59 Å². The largest absolute Gasteiger partial charge is 0.325 e. The number of urea groups is 1. The second-order valence-electron chi connectivity index (χ2n) is 9.62. The van der Waals surface area contributed by atoms with Crippen molar-refractivity contribution in [2.75, 3.05) is 38.5 Å². The number of nitrogens with zero attached hydrogens (tertiary/aromatic N) is 3. The van der Waals surface area contributed by atoms with Crippen molar-refractivity contribution in [3.8, 4) is 0 Å². The SMILES string of the molecule is CN(Cc1ccccc1NC(=O)[C@H]1CCCN(C(=O)N2CCCC2)C1)C1CCCCC1. The molecule has 0 spiro atoms. The number of nitrogens with one attached hydrogen (secondary N) is 1. The first-order valence-corrected chi connectivity index (χ1v) is 12.2. The third-order valence-corrected chi connectivity index (χ3v) is 7.33. The molecule has 2 aliphatic heterocycles. The molecule has 31 heavy (non-hydrogen) atoms. The molecule has 0 radical (unpaired) electrons. The summed E-state index contributed by atoms with van der Waals surface area (Å²) in [5, 5.41) is 3.20. The van der Waals surface area contributed by atoms with E-state index < -0.39 is 0 Å². The summed E-state index contributed by atoms with van der Waals surface area (Å²) in [4.78, 5) is 32.2. The van der Waals surface area contributed by atoms with Crippen LogP contribution in [0.15, 0.2) is 24.3 Å². The molecule has 1 aromatic carbocycles. The molecule has 170 valence electrons. The van der Waals surface area contributed by atoms with Crippen LogP contribution in [-0.2, 0) is 11.3 Å². The zero-order valence-electron chi connectivity index (χ0n) is 19.0. The van der Waals surface area contributed by atoms with Gasteiger partial charge in [0.15, 0.2) is 0 Å². The number of hydrogen-bond acceptors (Lipinski definition) is 3. The topological polar surface area (TPSA) is 55.9 Å². The number of carbonyl (C=O) groups is 2. The summed E-state index contributed by atoms with van der Waals surface area (Å²) in [6, 6.07) is 8.93. The van der Waals surface area contributed by atoms with E-state index in [0.29, 0.717) is 12.6 Å². The Morgan fingerprint density at radius 2 is 1.65 bits per heavy atom. The lowest BCUT2D eigenvalue weighted by molar-refractivity contribution is -0.121. The van der Waals surface area contributed by atoms with Gasteiger partial charge in [-0.3, -0.25) is 9.69 Å². The first-order chi connectivity index (χ1) is 15.1. The molecule has 3 fully saturated rings. The Bertz CT molecular complexity index is 756. The Labute approximate surface area is 187 Å². The van der Waals surface area contributed by atoms with Crippen LogP contribution < -0.4 is 5.32 Å². The number of hydrogen-bond donors (Lipinski definition) is 1. The highest BCUT2D eigenvalue weighted by atomic mass is 16.2. The van der Waals surface area contributed by atoms with Crippen LogP contribution in [-0.4, -0.2) is 65.9 Å². The fraction of sp³-hybridized carbons (Fsp3) is 0.680. The minimum absolute atomic E-state index is 0.0479. The van der Waals surface area contributed by atoms with Crippen LogP contribution in [0.3, 0.4) is 0 Å². The number of para-hydroxylation sites is 1. The van der Waals surface area contributed by atoms with Crippen molar-refractivity contribution in [2.45, 2.75) is 70.4 Å². The molecule has 1 atom stereocenters. The molecule has 1 N–H and O–H groups in total. The maximum Gasteiger partial charge on any atom is 0.320 e. The summed E-state index contributed by atoms with van der Waals surface area (Å²) in [7, 11) is 2.21. The monoisotopic (exact) mass is 426 g/mol. The van der Waals surface area contributed by atoms with Gasteiger partial charge in [0, 0.05) is 44.5 Å². The van der Waals surface area contributed by atoms with Gasteiger partial charge in [0.25, 0.3) is 0 Å². The first kappa shape index (κ1) is 22.1. The second-order valence-corrected chi connectivity index (χ2v) is 9.62. The van der Waals surface area contributed by atoms with Gasteiger partial charge >= 0.3 is 6.03 Å². The van der Waals surface area contributed by atoms with Gasteiger partial charge in [0.05, 0.1) is 5.92 Å². The second kappa shape index (κ2) is 10.5. The average molecular weight is 427 g/mol. The van der Waals surface area contributed by atoms with Crippen molar-refractivity contribution in [3.63, 3.8) is 0 Å². The van der Waals surface area contributed by atoms with E-state index in [9.17, 15) is 9.59 Å². The Morgan fingerprint density at radius 3 is 2.42 bits per heavy atom. The standard InChI is InChI=1S/C25H38N4O2/c1-27(22-12-3-2-4-13-22)18-20-10-5-6-14-23(20)26-24(30)21-11-9-17-29(19-21)25(31)28-15-7-8-16-28/h5-6,10,14,21-22H,2-4,7-9,11-13,15-19H2,1H3,(H,26,30)/t21-/m0/s1. The summed E-state index contributed by atoms with van der Waals surface area (Å²) >= 11 is 0. The van der Waals surface area contributed by atoms with Crippen LogP contribution in [0.2, 0.25) is 0 Å². The molecule has 0 aromatic heterocycles. The third-order valence-electron chi connectivity index (χ3n) is 7.33. The fourth-order valence-electron chi connectivity index (χ4n) is 5.41. The summed E-state index contributed by atoms with van der Waals surface area (Å²) in [5.74, 6) is -0.0869. The van der Waals surface area contributed by atoms with Crippen LogP contribution in [0.4, 0.5) is 10.5 Å². The average Bonchev–Trinajstić information content (AvgIpc) is 3.35. The lowest BCUT2D eigenvalue weighted by atomic mass is 9.94. The molecule has 2 heterocycles. The van der Waals surface area contributed by atoms with Crippen molar-refractivity contribution in [1.82, 2.24) is 14.7 Å². The number of amides is 3. The van der Waals surface area contributed by atoms with Crippen LogP contribution in [0.25, 0.3) is 0 Å². The predicted molar refractivity (Wildman–Crippen MR) is 124 cm³/mol. The maximum atomic E-state index is 13.1. The number of piperidine rings is 1. The van der Waals surface area contributed by atoms with Crippen molar-refractivity contribution >= 4 is 17.6 Å². The van der Waals surface area contributed by atoms with E-state index in [0.717, 1.165) is 57.5 Å². The minimum Gasteiger partial charge on any atom is -0.325 e. The van der Waals surface area contributed by atoms with E-state index in [-0.39, 0.29) is 17.9 Å². The Kier molecular flexibility index (Phi) is 7.49. The van der Waals surface area contributed by atoms with Crippen molar-refractivity contribution in [3.05, 3.63) is 29.8 Å². The van der Waals surface area contributed by atoms with Gasteiger partial charge in [-0.2, -0.15) is 0 Å². The van der Waals surface area contributed by atoms with Gasteiger partial charge in [-0.1, -0.05) is 37.5 Å². The highest BCUT2D eigenvalue weighted by molar-refractivity contribution is 5.93. The molecule has 3 aliphatic rings. The van der Waals surface area contributed by atoms with E-state index >= 15 is 0 Å². The molecule has 0 unspecified atom stereocenters.